The molecule has 1 saturated heterocycles. The van der Waals surface area contributed by atoms with Crippen molar-refractivity contribution in [2.45, 2.75) is 18.9 Å². The van der Waals surface area contributed by atoms with Gasteiger partial charge in [-0.15, -0.1) is 0 Å². The Morgan fingerprint density at radius 3 is 2.07 bits per heavy atom. The van der Waals surface area contributed by atoms with Crippen molar-refractivity contribution in [3.63, 3.8) is 0 Å². The van der Waals surface area contributed by atoms with E-state index in [0.29, 0.717) is 31.6 Å². The van der Waals surface area contributed by atoms with Crippen molar-refractivity contribution in [1.29, 1.82) is 0 Å². The molecule has 0 spiro atoms. The molecular formula is C20H21N3O6. The summed E-state index contributed by atoms with van der Waals surface area (Å²) in [4.78, 5) is 36.0. The summed E-state index contributed by atoms with van der Waals surface area (Å²) >= 11 is 0. The maximum atomic E-state index is 13.2. The molecule has 0 amide bonds. The van der Waals surface area contributed by atoms with Crippen LogP contribution in [0.5, 0.6) is 0 Å². The average Bonchev–Trinajstić information content (AvgIpc) is 2.73. The van der Waals surface area contributed by atoms with E-state index >= 15 is 0 Å². The first kappa shape index (κ1) is 20.6. The third kappa shape index (κ3) is 4.01. The lowest BCUT2D eigenvalue weighted by molar-refractivity contribution is -0.385. The average molecular weight is 399 g/mol. The summed E-state index contributed by atoms with van der Waals surface area (Å²) in [5, 5.41) is 33.3. The van der Waals surface area contributed by atoms with Crippen LogP contribution in [0.3, 0.4) is 0 Å². The van der Waals surface area contributed by atoms with E-state index in [1.807, 2.05) is 11.8 Å². The summed E-state index contributed by atoms with van der Waals surface area (Å²) in [5.41, 5.74) is -0.981. The molecule has 29 heavy (non-hydrogen) atoms. The maximum absolute atomic E-state index is 13.2. The highest BCUT2D eigenvalue weighted by Gasteiger charge is 2.46. The molecule has 1 heterocycles. The van der Waals surface area contributed by atoms with Crippen molar-refractivity contribution in [2.24, 2.45) is 5.92 Å². The van der Waals surface area contributed by atoms with Gasteiger partial charge in [-0.25, -0.2) is 0 Å². The molecule has 1 fully saturated rings. The number of non-ortho nitro benzene ring substituents is 2. The van der Waals surface area contributed by atoms with Gasteiger partial charge in [-0.1, -0.05) is 6.92 Å². The van der Waals surface area contributed by atoms with E-state index in [0.717, 1.165) is 0 Å². The number of rotatable bonds is 6. The zero-order valence-corrected chi connectivity index (χ0v) is 15.9. The smallest absolute Gasteiger partial charge is 0.269 e. The summed E-state index contributed by atoms with van der Waals surface area (Å²) in [5.74, 6) is -1.13. The number of Topliss-reactive ketones (excluding diaryl/α,β-unsaturated/α-hetero) is 1. The minimum atomic E-state index is -1.49. The third-order valence-electron chi connectivity index (χ3n) is 5.53. The molecule has 2 aromatic carbocycles. The zero-order chi connectivity index (χ0) is 21.2. The first-order valence-electron chi connectivity index (χ1n) is 9.24. The van der Waals surface area contributed by atoms with Gasteiger partial charge in [0.25, 0.3) is 11.4 Å². The van der Waals surface area contributed by atoms with Crippen molar-refractivity contribution in [3.05, 3.63) is 79.9 Å². The lowest BCUT2D eigenvalue weighted by atomic mass is 9.72. The van der Waals surface area contributed by atoms with Crippen LogP contribution in [0.25, 0.3) is 0 Å². The number of nitro benzene ring substituents is 2. The molecule has 9 nitrogen and oxygen atoms in total. The highest BCUT2D eigenvalue weighted by Crippen LogP contribution is 2.40. The van der Waals surface area contributed by atoms with E-state index in [9.17, 15) is 30.1 Å². The largest absolute Gasteiger partial charge is 0.384 e. The van der Waals surface area contributed by atoms with Gasteiger partial charge in [0.15, 0.2) is 5.78 Å². The Bertz CT molecular complexity index is 928. The molecule has 3 rings (SSSR count). The van der Waals surface area contributed by atoms with Crippen LogP contribution in [0.2, 0.25) is 0 Å². The van der Waals surface area contributed by atoms with Crippen LogP contribution < -0.4 is 0 Å². The fraction of sp³-hybridized carbons (Fsp3) is 0.350. The number of hydrogen-bond acceptors (Lipinski definition) is 7. The van der Waals surface area contributed by atoms with Crippen molar-refractivity contribution >= 4 is 17.2 Å². The number of carbonyl (C=O) groups excluding carboxylic acids is 1. The number of hydrogen-bond donors (Lipinski definition) is 1. The van der Waals surface area contributed by atoms with Crippen molar-refractivity contribution in [2.75, 3.05) is 19.6 Å². The second-order valence-corrected chi connectivity index (χ2v) is 7.09. The topological polar surface area (TPSA) is 127 Å². The van der Waals surface area contributed by atoms with Crippen LogP contribution in [0.15, 0.2) is 48.5 Å². The molecule has 0 saturated carbocycles. The Hall–Kier alpha value is -3.17. The Labute approximate surface area is 166 Å². The number of nitrogens with zero attached hydrogens (tertiary/aromatic N) is 3. The number of likely N-dealkylation sites (tertiary alicyclic amines) is 1. The highest BCUT2D eigenvalue weighted by molar-refractivity contribution is 5.99. The normalized spacial score (nSPS) is 22.2. The molecule has 152 valence electrons. The predicted molar refractivity (Wildman–Crippen MR) is 105 cm³/mol. The van der Waals surface area contributed by atoms with Gasteiger partial charge in [-0.2, -0.15) is 0 Å². The molecule has 0 unspecified atom stereocenters. The highest BCUT2D eigenvalue weighted by atomic mass is 16.6. The van der Waals surface area contributed by atoms with Crippen LogP contribution in [-0.2, 0) is 5.60 Å². The predicted octanol–water partition coefficient (Wildman–Crippen LogP) is 2.92. The molecule has 1 N–H and O–H groups in total. The number of benzene rings is 2. The van der Waals surface area contributed by atoms with Crippen molar-refractivity contribution in [3.8, 4) is 0 Å². The first-order chi connectivity index (χ1) is 13.8. The summed E-state index contributed by atoms with van der Waals surface area (Å²) < 4.78 is 0. The quantitative estimate of drug-likeness (QED) is 0.449. The Morgan fingerprint density at radius 2 is 1.59 bits per heavy atom. The van der Waals surface area contributed by atoms with Crippen LogP contribution in [0, 0.1) is 26.1 Å². The Balaban J connectivity index is 1.97. The molecule has 1 aliphatic rings. The lowest BCUT2D eigenvalue weighted by Gasteiger charge is -2.44. The number of nitro groups is 2. The fourth-order valence-electron chi connectivity index (χ4n) is 3.76. The number of ketones is 1. The van der Waals surface area contributed by atoms with E-state index in [1.54, 1.807) is 0 Å². The second kappa shape index (κ2) is 8.06. The standard InChI is InChI=1S/C20H21N3O6/c1-2-21-12-11-20(25,15-5-9-17(10-6-15)23(28)29)18(13-21)19(24)14-3-7-16(8-4-14)22(26)27/h3-10,18,25H,2,11-13H2,1H3/t18-,20+/m0/s1. The van der Waals surface area contributed by atoms with Gasteiger partial charge < -0.3 is 10.0 Å². The fourth-order valence-corrected chi connectivity index (χ4v) is 3.76. The summed E-state index contributed by atoms with van der Waals surface area (Å²) in [6.07, 6.45) is 0.294. The van der Waals surface area contributed by atoms with E-state index in [4.69, 9.17) is 0 Å². The van der Waals surface area contributed by atoms with Crippen molar-refractivity contribution in [1.82, 2.24) is 4.90 Å². The van der Waals surface area contributed by atoms with Gasteiger partial charge in [-0.05, 0) is 42.8 Å². The van der Waals surface area contributed by atoms with Crippen LogP contribution >= 0.6 is 0 Å². The van der Waals surface area contributed by atoms with Crippen LogP contribution in [0.4, 0.5) is 11.4 Å². The number of piperidine rings is 1. The zero-order valence-electron chi connectivity index (χ0n) is 15.9. The minimum Gasteiger partial charge on any atom is -0.384 e. The number of carbonyl (C=O) groups is 1. The van der Waals surface area contributed by atoms with Gasteiger partial charge in [0.1, 0.15) is 5.60 Å². The molecule has 0 aromatic heterocycles. The minimum absolute atomic E-state index is 0.0958. The van der Waals surface area contributed by atoms with E-state index in [1.165, 1.54) is 48.5 Å². The molecule has 9 heteroatoms. The molecule has 0 radical (unpaired) electrons. The molecular weight excluding hydrogens is 378 g/mol. The molecule has 0 aliphatic carbocycles. The lowest BCUT2D eigenvalue weighted by Crippen LogP contribution is -2.53. The van der Waals surface area contributed by atoms with Gasteiger partial charge in [0, 0.05) is 42.9 Å². The SMILES string of the molecule is CCN1CC[C@@](O)(c2ccc([N+](=O)[O-])cc2)[C@H](C(=O)c2ccc([N+](=O)[O-])cc2)C1. The van der Waals surface area contributed by atoms with Gasteiger partial charge >= 0.3 is 0 Å². The first-order valence-corrected chi connectivity index (χ1v) is 9.24. The van der Waals surface area contributed by atoms with Crippen LogP contribution in [0.1, 0.15) is 29.3 Å². The maximum Gasteiger partial charge on any atom is 0.269 e. The Kier molecular flexibility index (Phi) is 5.71. The van der Waals surface area contributed by atoms with E-state index < -0.39 is 21.4 Å². The van der Waals surface area contributed by atoms with Crippen molar-refractivity contribution < 1.29 is 19.7 Å². The van der Waals surface area contributed by atoms with Gasteiger partial charge in [0.05, 0.1) is 15.8 Å². The number of aliphatic hydroxyl groups is 1. The summed E-state index contributed by atoms with van der Waals surface area (Å²) in [6, 6.07) is 10.9. The van der Waals surface area contributed by atoms with Crippen LogP contribution in [-0.4, -0.2) is 45.3 Å². The molecule has 1 aliphatic heterocycles. The van der Waals surface area contributed by atoms with E-state index in [-0.39, 0.29) is 22.7 Å². The summed E-state index contributed by atoms with van der Waals surface area (Å²) in [7, 11) is 0. The third-order valence-corrected chi connectivity index (χ3v) is 5.53. The van der Waals surface area contributed by atoms with Gasteiger partial charge in [-0.3, -0.25) is 25.0 Å². The van der Waals surface area contributed by atoms with E-state index in [2.05, 4.69) is 0 Å². The molecule has 2 aromatic rings. The molecule has 0 bridgehead atoms. The Morgan fingerprint density at radius 1 is 1.07 bits per heavy atom. The monoisotopic (exact) mass is 399 g/mol. The molecule has 2 atom stereocenters. The van der Waals surface area contributed by atoms with Gasteiger partial charge in [0.2, 0.25) is 0 Å². The summed E-state index contributed by atoms with van der Waals surface area (Å²) in [6.45, 7) is 3.57. The second-order valence-electron chi connectivity index (χ2n) is 7.09.